The number of carbonyl (C=O) groups excluding carboxylic acids is 2. The highest BCUT2D eigenvalue weighted by molar-refractivity contribution is 7.89. The minimum absolute atomic E-state index is 0.0456. The molecule has 0 aliphatic heterocycles. The fourth-order valence-corrected chi connectivity index (χ4v) is 3.56. The molecule has 9 nitrogen and oxygen atoms in total. The number of esters is 1. The SMILES string of the molecule is CN(C)S(=O)(=O)c1cccc(NC(=O)COC(=O)Cn2cnc3ccccc32)c1. The van der Waals surface area contributed by atoms with Crippen LogP contribution in [0.2, 0.25) is 0 Å². The summed E-state index contributed by atoms with van der Waals surface area (Å²) >= 11 is 0. The number of fused-ring (bicyclic) bond motifs is 1. The van der Waals surface area contributed by atoms with Gasteiger partial charge in [0.2, 0.25) is 10.0 Å². The van der Waals surface area contributed by atoms with Crippen molar-refractivity contribution in [2.75, 3.05) is 26.0 Å². The molecule has 1 amide bonds. The number of ether oxygens (including phenoxy) is 1. The Morgan fingerprint density at radius 3 is 2.66 bits per heavy atom. The highest BCUT2D eigenvalue weighted by atomic mass is 32.2. The number of imidazole rings is 1. The van der Waals surface area contributed by atoms with Gasteiger partial charge in [-0.15, -0.1) is 0 Å². The maximum Gasteiger partial charge on any atom is 0.326 e. The topological polar surface area (TPSA) is 111 Å². The van der Waals surface area contributed by atoms with Gasteiger partial charge in [0.05, 0.1) is 22.3 Å². The second kappa shape index (κ2) is 8.41. The number of carbonyl (C=O) groups is 2. The second-order valence-electron chi connectivity index (χ2n) is 6.39. The first kappa shape index (κ1) is 20.5. The summed E-state index contributed by atoms with van der Waals surface area (Å²) in [6.07, 6.45) is 1.53. The van der Waals surface area contributed by atoms with Crippen LogP contribution in [0.15, 0.2) is 59.8 Å². The highest BCUT2D eigenvalue weighted by Gasteiger charge is 2.18. The first-order valence-electron chi connectivity index (χ1n) is 8.65. The Hall–Kier alpha value is -3.24. The average Bonchev–Trinajstić information content (AvgIpc) is 3.09. The summed E-state index contributed by atoms with van der Waals surface area (Å²) in [5.41, 5.74) is 1.83. The van der Waals surface area contributed by atoms with Crippen LogP contribution in [-0.4, -0.2) is 54.9 Å². The normalized spacial score (nSPS) is 11.6. The Balaban J connectivity index is 1.57. The van der Waals surface area contributed by atoms with Crippen molar-refractivity contribution < 1.29 is 22.7 Å². The molecule has 1 heterocycles. The van der Waals surface area contributed by atoms with E-state index in [2.05, 4.69) is 10.3 Å². The summed E-state index contributed by atoms with van der Waals surface area (Å²) in [6.45, 7) is -0.569. The molecule has 0 saturated carbocycles. The Morgan fingerprint density at radius 1 is 1.14 bits per heavy atom. The molecule has 0 atom stereocenters. The molecule has 152 valence electrons. The van der Waals surface area contributed by atoms with E-state index in [1.165, 1.54) is 38.6 Å². The zero-order valence-electron chi connectivity index (χ0n) is 15.9. The van der Waals surface area contributed by atoms with Gasteiger partial charge in [-0.3, -0.25) is 9.59 Å². The molecule has 29 heavy (non-hydrogen) atoms. The van der Waals surface area contributed by atoms with Crippen LogP contribution in [0, 0.1) is 0 Å². The number of sulfonamides is 1. The predicted molar refractivity (Wildman–Crippen MR) is 107 cm³/mol. The number of nitrogens with zero attached hydrogens (tertiary/aromatic N) is 3. The van der Waals surface area contributed by atoms with Gasteiger partial charge in [0.25, 0.3) is 5.91 Å². The molecule has 0 spiro atoms. The van der Waals surface area contributed by atoms with E-state index in [0.717, 1.165) is 15.3 Å². The Labute approximate surface area is 168 Å². The van der Waals surface area contributed by atoms with Gasteiger partial charge in [0.15, 0.2) is 6.61 Å². The Kier molecular flexibility index (Phi) is 5.95. The molecule has 3 rings (SSSR count). The van der Waals surface area contributed by atoms with Crippen molar-refractivity contribution >= 4 is 38.6 Å². The molecule has 3 aromatic rings. The standard InChI is InChI=1S/C19H20N4O5S/c1-22(2)29(26,27)15-7-5-6-14(10-15)21-18(24)12-28-19(25)11-23-13-20-16-8-3-4-9-17(16)23/h3-10,13H,11-12H2,1-2H3,(H,21,24). The summed E-state index contributed by atoms with van der Waals surface area (Å²) in [7, 11) is -0.780. The molecular weight excluding hydrogens is 396 g/mol. The minimum Gasteiger partial charge on any atom is -0.454 e. The third-order valence-electron chi connectivity index (χ3n) is 4.09. The number of para-hydroxylation sites is 2. The largest absolute Gasteiger partial charge is 0.454 e. The van der Waals surface area contributed by atoms with Crippen LogP contribution in [0.5, 0.6) is 0 Å². The van der Waals surface area contributed by atoms with Gasteiger partial charge >= 0.3 is 5.97 Å². The van der Waals surface area contributed by atoms with Crippen LogP contribution in [0.25, 0.3) is 11.0 Å². The third-order valence-corrected chi connectivity index (χ3v) is 5.90. The molecule has 0 aliphatic rings. The van der Waals surface area contributed by atoms with Crippen LogP contribution >= 0.6 is 0 Å². The zero-order chi connectivity index (χ0) is 21.0. The number of benzene rings is 2. The maximum absolute atomic E-state index is 12.2. The molecule has 1 aromatic heterocycles. The number of aromatic nitrogens is 2. The van der Waals surface area contributed by atoms with Crippen molar-refractivity contribution in [3.05, 3.63) is 54.9 Å². The van der Waals surface area contributed by atoms with Crippen molar-refractivity contribution in [1.29, 1.82) is 0 Å². The number of hydrogen-bond donors (Lipinski definition) is 1. The summed E-state index contributed by atoms with van der Waals surface area (Å²) in [5.74, 6) is -1.17. The first-order chi connectivity index (χ1) is 13.8. The third kappa shape index (κ3) is 4.79. The minimum atomic E-state index is -3.62. The summed E-state index contributed by atoms with van der Waals surface area (Å²) < 4.78 is 32.0. The number of anilines is 1. The fourth-order valence-electron chi connectivity index (χ4n) is 2.61. The second-order valence-corrected chi connectivity index (χ2v) is 8.54. The van der Waals surface area contributed by atoms with Crippen molar-refractivity contribution in [2.24, 2.45) is 0 Å². The van der Waals surface area contributed by atoms with Crippen molar-refractivity contribution in [1.82, 2.24) is 13.9 Å². The van der Waals surface area contributed by atoms with Crippen LogP contribution < -0.4 is 5.32 Å². The molecule has 0 bridgehead atoms. The lowest BCUT2D eigenvalue weighted by molar-refractivity contribution is -0.147. The van der Waals surface area contributed by atoms with Crippen LogP contribution in [0.3, 0.4) is 0 Å². The molecular formula is C19H20N4O5S. The summed E-state index contributed by atoms with van der Waals surface area (Å²) in [4.78, 5) is 28.3. The van der Waals surface area contributed by atoms with E-state index in [0.29, 0.717) is 0 Å². The van der Waals surface area contributed by atoms with E-state index in [4.69, 9.17) is 4.74 Å². The number of hydrogen-bond acceptors (Lipinski definition) is 6. The summed E-state index contributed by atoms with van der Waals surface area (Å²) in [6, 6.07) is 13.2. The van der Waals surface area contributed by atoms with Gasteiger partial charge in [0.1, 0.15) is 6.54 Å². The Bertz CT molecular complexity index is 1150. The van der Waals surface area contributed by atoms with Crippen molar-refractivity contribution in [3.8, 4) is 0 Å². The van der Waals surface area contributed by atoms with Gasteiger partial charge in [0, 0.05) is 19.8 Å². The fraction of sp³-hybridized carbons (Fsp3) is 0.211. The van der Waals surface area contributed by atoms with E-state index in [-0.39, 0.29) is 17.1 Å². The van der Waals surface area contributed by atoms with Gasteiger partial charge < -0.3 is 14.6 Å². The van der Waals surface area contributed by atoms with E-state index in [1.807, 2.05) is 24.3 Å². The molecule has 0 fully saturated rings. The van der Waals surface area contributed by atoms with E-state index in [1.54, 1.807) is 10.6 Å². The smallest absolute Gasteiger partial charge is 0.326 e. The number of amides is 1. The molecule has 10 heteroatoms. The zero-order valence-corrected chi connectivity index (χ0v) is 16.7. The molecule has 0 radical (unpaired) electrons. The molecule has 2 aromatic carbocycles. The molecule has 0 aliphatic carbocycles. The van der Waals surface area contributed by atoms with E-state index >= 15 is 0 Å². The maximum atomic E-state index is 12.2. The quantitative estimate of drug-likeness (QED) is 0.584. The molecule has 0 unspecified atom stereocenters. The van der Waals surface area contributed by atoms with Gasteiger partial charge in [-0.05, 0) is 30.3 Å². The van der Waals surface area contributed by atoms with Crippen LogP contribution in [-0.2, 0) is 30.9 Å². The highest BCUT2D eigenvalue weighted by Crippen LogP contribution is 2.18. The van der Waals surface area contributed by atoms with Crippen LogP contribution in [0.1, 0.15) is 0 Å². The lowest BCUT2D eigenvalue weighted by Crippen LogP contribution is -2.24. The Morgan fingerprint density at radius 2 is 1.90 bits per heavy atom. The lowest BCUT2D eigenvalue weighted by atomic mass is 10.3. The van der Waals surface area contributed by atoms with Gasteiger partial charge in [-0.25, -0.2) is 17.7 Å². The van der Waals surface area contributed by atoms with Crippen molar-refractivity contribution in [2.45, 2.75) is 11.4 Å². The average molecular weight is 416 g/mol. The van der Waals surface area contributed by atoms with Gasteiger partial charge in [-0.2, -0.15) is 0 Å². The van der Waals surface area contributed by atoms with E-state index in [9.17, 15) is 18.0 Å². The first-order valence-corrected chi connectivity index (χ1v) is 10.1. The molecule has 1 N–H and O–H groups in total. The predicted octanol–water partition coefficient (Wildman–Crippen LogP) is 1.47. The molecule has 0 saturated heterocycles. The lowest BCUT2D eigenvalue weighted by Gasteiger charge is -2.12. The van der Waals surface area contributed by atoms with Crippen molar-refractivity contribution in [3.63, 3.8) is 0 Å². The number of nitrogens with one attached hydrogen (secondary N) is 1. The van der Waals surface area contributed by atoms with Crippen LogP contribution in [0.4, 0.5) is 5.69 Å². The van der Waals surface area contributed by atoms with Gasteiger partial charge in [-0.1, -0.05) is 18.2 Å². The summed E-state index contributed by atoms with van der Waals surface area (Å²) in [5, 5.41) is 2.52. The van der Waals surface area contributed by atoms with E-state index < -0.39 is 28.5 Å². The monoisotopic (exact) mass is 416 g/mol. The number of rotatable bonds is 7.